The molecular formula is C20H26FNO. The van der Waals surface area contributed by atoms with Gasteiger partial charge in [-0.1, -0.05) is 31.2 Å². The fourth-order valence-corrected chi connectivity index (χ4v) is 3.16. The first-order chi connectivity index (χ1) is 11.2. The molecule has 0 amide bonds. The fourth-order valence-electron chi connectivity index (χ4n) is 3.16. The predicted molar refractivity (Wildman–Crippen MR) is 90.4 cm³/mol. The molecule has 23 heavy (non-hydrogen) atoms. The zero-order valence-corrected chi connectivity index (χ0v) is 13.9. The smallest absolute Gasteiger partial charge is 0.196 e. The molecule has 0 N–H and O–H groups in total. The van der Waals surface area contributed by atoms with Crippen LogP contribution in [0.5, 0.6) is 0 Å². The van der Waals surface area contributed by atoms with Gasteiger partial charge >= 0.3 is 0 Å². The average Bonchev–Trinajstić information content (AvgIpc) is 2.61. The minimum absolute atomic E-state index is 0.350. The van der Waals surface area contributed by atoms with Gasteiger partial charge in [-0.05, 0) is 68.1 Å². The molecular weight excluding hydrogens is 289 g/mol. The molecule has 0 spiro atoms. The highest BCUT2D eigenvalue weighted by atomic mass is 19.1. The summed E-state index contributed by atoms with van der Waals surface area (Å²) in [6, 6.07) is 10.2. The second kappa shape index (κ2) is 9.47. The van der Waals surface area contributed by atoms with Gasteiger partial charge < -0.3 is 4.74 Å². The monoisotopic (exact) mass is 315 g/mol. The lowest BCUT2D eigenvalue weighted by atomic mass is 9.84. The van der Waals surface area contributed by atoms with Crippen molar-refractivity contribution in [2.45, 2.75) is 64.6 Å². The van der Waals surface area contributed by atoms with E-state index in [9.17, 15) is 4.39 Å². The van der Waals surface area contributed by atoms with E-state index in [1.54, 1.807) is 0 Å². The number of hydrogen-bond donors (Lipinski definition) is 0. The highest BCUT2D eigenvalue weighted by Crippen LogP contribution is 2.30. The van der Waals surface area contributed by atoms with Crippen molar-refractivity contribution in [1.29, 1.82) is 5.26 Å². The van der Waals surface area contributed by atoms with E-state index in [-0.39, 0.29) is 0 Å². The molecule has 1 aromatic carbocycles. The number of nitriles is 1. The Labute approximate surface area is 139 Å². The van der Waals surface area contributed by atoms with E-state index in [4.69, 9.17) is 10.00 Å². The molecule has 2 nitrogen and oxygen atoms in total. The zero-order chi connectivity index (χ0) is 16.5. The average molecular weight is 315 g/mol. The van der Waals surface area contributed by atoms with Crippen molar-refractivity contribution < 1.29 is 9.13 Å². The second-order valence-corrected chi connectivity index (χ2v) is 6.37. The Morgan fingerprint density at radius 1 is 1.22 bits per heavy atom. The van der Waals surface area contributed by atoms with Gasteiger partial charge in [0.15, 0.2) is 5.83 Å². The Kier molecular flexibility index (Phi) is 7.29. The topological polar surface area (TPSA) is 33.0 Å². The molecule has 0 atom stereocenters. The molecule has 1 fully saturated rings. The number of ether oxygens (including phenoxy) is 1. The van der Waals surface area contributed by atoms with Crippen molar-refractivity contribution in [2.75, 3.05) is 0 Å². The van der Waals surface area contributed by atoms with Crippen LogP contribution in [0.1, 0.15) is 56.6 Å². The van der Waals surface area contributed by atoms with Crippen molar-refractivity contribution in [1.82, 2.24) is 0 Å². The molecule has 0 heterocycles. The van der Waals surface area contributed by atoms with Gasteiger partial charge in [-0.2, -0.15) is 9.65 Å². The van der Waals surface area contributed by atoms with E-state index in [1.807, 2.05) is 0 Å². The van der Waals surface area contributed by atoms with Crippen LogP contribution in [0.3, 0.4) is 0 Å². The Bertz CT molecular complexity index is 536. The van der Waals surface area contributed by atoms with Gasteiger partial charge in [0.2, 0.25) is 0 Å². The lowest BCUT2D eigenvalue weighted by molar-refractivity contribution is 0.00645. The minimum Gasteiger partial charge on any atom is -0.374 e. The largest absolute Gasteiger partial charge is 0.374 e. The van der Waals surface area contributed by atoms with Crippen LogP contribution in [0.15, 0.2) is 36.2 Å². The molecule has 0 saturated heterocycles. The van der Waals surface area contributed by atoms with E-state index in [1.165, 1.54) is 23.3 Å². The summed E-state index contributed by atoms with van der Waals surface area (Å²) in [7, 11) is 0. The standard InChI is InChI=1S/C20H26FNO/c1-2-16-6-8-18(9-7-16)15-23-20-12-10-17(11-13-20)4-3-5-19(21)14-22/h5-9,17,20H,2-4,10-13,15H2,1H3. The summed E-state index contributed by atoms with van der Waals surface area (Å²) in [5, 5.41) is 8.38. The number of allylic oxidation sites excluding steroid dienone is 2. The molecule has 0 aromatic heterocycles. The number of nitrogens with zero attached hydrogens (tertiary/aromatic N) is 1. The van der Waals surface area contributed by atoms with Crippen LogP contribution in [0.2, 0.25) is 0 Å². The SMILES string of the molecule is CCc1ccc(COC2CCC(CCC=C(F)C#N)CC2)cc1. The third kappa shape index (κ3) is 6.15. The highest BCUT2D eigenvalue weighted by molar-refractivity contribution is 5.21. The molecule has 2 rings (SSSR count). The molecule has 0 unspecified atom stereocenters. The zero-order valence-electron chi connectivity index (χ0n) is 13.9. The number of halogens is 1. The Balaban J connectivity index is 1.65. The summed E-state index contributed by atoms with van der Waals surface area (Å²) in [6.07, 6.45) is 8.91. The number of benzene rings is 1. The Morgan fingerprint density at radius 2 is 1.87 bits per heavy atom. The normalized spacial score (nSPS) is 21.9. The first-order valence-corrected chi connectivity index (χ1v) is 8.66. The molecule has 1 aliphatic rings. The van der Waals surface area contributed by atoms with E-state index in [2.05, 4.69) is 31.2 Å². The molecule has 0 aliphatic heterocycles. The summed E-state index contributed by atoms with van der Waals surface area (Å²) in [5.74, 6) is -0.0162. The van der Waals surface area contributed by atoms with Crippen LogP contribution in [0.4, 0.5) is 4.39 Å². The van der Waals surface area contributed by atoms with E-state index < -0.39 is 5.83 Å². The lowest BCUT2D eigenvalue weighted by Crippen LogP contribution is -2.21. The van der Waals surface area contributed by atoms with E-state index in [0.717, 1.165) is 38.5 Å². The van der Waals surface area contributed by atoms with Crippen LogP contribution >= 0.6 is 0 Å². The van der Waals surface area contributed by atoms with Gasteiger partial charge in [0, 0.05) is 0 Å². The van der Waals surface area contributed by atoms with Crippen molar-refractivity contribution in [3.63, 3.8) is 0 Å². The van der Waals surface area contributed by atoms with Crippen molar-refractivity contribution in [3.05, 3.63) is 47.3 Å². The number of hydrogen-bond acceptors (Lipinski definition) is 2. The van der Waals surface area contributed by atoms with Crippen LogP contribution in [-0.2, 0) is 17.8 Å². The quantitative estimate of drug-likeness (QED) is 0.624. The third-order valence-electron chi connectivity index (χ3n) is 4.72. The number of rotatable bonds is 7. The molecule has 3 heteroatoms. The van der Waals surface area contributed by atoms with Gasteiger partial charge in [0.1, 0.15) is 6.07 Å². The second-order valence-electron chi connectivity index (χ2n) is 6.37. The number of aryl methyl sites for hydroxylation is 1. The molecule has 1 aromatic rings. The van der Waals surface area contributed by atoms with Crippen LogP contribution < -0.4 is 0 Å². The first-order valence-electron chi connectivity index (χ1n) is 8.66. The molecule has 1 aliphatic carbocycles. The minimum atomic E-state index is -0.656. The summed E-state index contributed by atoms with van der Waals surface area (Å²) in [6.45, 7) is 2.85. The maximum atomic E-state index is 12.7. The summed E-state index contributed by atoms with van der Waals surface area (Å²) >= 11 is 0. The van der Waals surface area contributed by atoms with Crippen molar-refractivity contribution >= 4 is 0 Å². The van der Waals surface area contributed by atoms with Gasteiger partial charge in [-0.15, -0.1) is 0 Å². The van der Waals surface area contributed by atoms with E-state index in [0.29, 0.717) is 25.0 Å². The molecule has 1 saturated carbocycles. The van der Waals surface area contributed by atoms with E-state index >= 15 is 0 Å². The lowest BCUT2D eigenvalue weighted by Gasteiger charge is -2.28. The maximum Gasteiger partial charge on any atom is 0.196 e. The predicted octanol–water partition coefficient (Wildman–Crippen LogP) is 5.48. The van der Waals surface area contributed by atoms with Crippen molar-refractivity contribution in [2.24, 2.45) is 5.92 Å². The Morgan fingerprint density at radius 3 is 2.48 bits per heavy atom. The fraction of sp³-hybridized carbons (Fsp3) is 0.550. The van der Waals surface area contributed by atoms with Gasteiger partial charge in [-0.25, -0.2) is 0 Å². The first kappa shape index (κ1) is 17.7. The third-order valence-corrected chi connectivity index (χ3v) is 4.72. The summed E-state index contributed by atoms with van der Waals surface area (Å²) < 4.78 is 18.8. The van der Waals surface area contributed by atoms with Crippen molar-refractivity contribution in [3.8, 4) is 6.07 Å². The van der Waals surface area contributed by atoms with Crippen LogP contribution in [-0.4, -0.2) is 6.10 Å². The summed E-state index contributed by atoms with van der Waals surface area (Å²) in [4.78, 5) is 0. The van der Waals surface area contributed by atoms with Crippen LogP contribution in [0.25, 0.3) is 0 Å². The van der Waals surface area contributed by atoms with Gasteiger partial charge in [-0.3, -0.25) is 0 Å². The van der Waals surface area contributed by atoms with Crippen LogP contribution in [0, 0.1) is 17.2 Å². The molecule has 0 bridgehead atoms. The van der Waals surface area contributed by atoms with Gasteiger partial charge in [0.05, 0.1) is 12.7 Å². The van der Waals surface area contributed by atoms with Gasteiger partial charge in [0.25, 0.3) is 0 Å². The Hall–Kier alpha value is -1.66. The summed E-state index contributed by atoms with van der Waals surface area (Å²) in [5.41, 5.74) is 2.59. The maximum absolute atomic E-state index is 12.7. The highest BCUT2D eigenvalue weighted by Gasteiger charge is 2.21. The molecule has 124 valence electrons. The molecule has 0 radical (unpaired) electrons.